The van der Waals surface area contributed by atoms with Crippen LogP contribution < -0.4 is 0 Å². The number of hydrogen-bond donors (Lipinski definition) is 0. The molecule has 2 fully saturated rings. The number of likely N-dealkylation sites (tertiary alicyclic amines) is 1. The topological polar surface area (TPSA) is 82.8 Å². The number of aromatic nitrogens is 2. The summed E-state index contributed by atoms with van der Waals surface area (Å²) >= 11 is 1.61. The van der Waals surface area contributed by atoms with Gasteiger partial charge in [-0.1, -0.05) is 11.2 Å². The highest BCUT2D eigenvalue weighted by Crippen LogP contribution is 2.21. The first-order chi connectivity index (χ1) is 13.7. The smallest absolute Gasteiger partial charge is 0.229 e. The number of piperazine rings is 1. The zero-order chi connectivity index (χ0) is 19.3. The first kappa shape index (κ1) is 19.2. The van der Waals surface area contributed by atoms with Gasteiger partial charge in [-0.2, -0.15) is 4.98 Å². The third-order valence-corrected chi connectivity index (χ3v) is 6.20. The molecule has 2 aliphatic heterocycles. The van der Waals surface area contributed by atoms with Gasteiger partial charge in [0, 0.05) is 58.5 Å². The summed E-state index contributed by atoms with van der Waals surface area (Å²) in [4.78, 5) is 35.0. The predicted octanol–water partition coefficient (Wildman–Crippen LogP) is 1.50. The first-order valence-electron chi connectivity index (χ1n) is 9.83. The first-order valence-corrected chi connectivity index (χ1v) is 10.7. The monoisotopic (exact) mass is 403 g/mol. The Labute approximate surface area is 168 Å². The highest BCUT2D eigenvalue weighted by Gasteiger charge is 2.29. The van der Waals surface area contributed by atoms with Gasteiger partial charge in [0.05, 0.1) is 4.88 Å². The zero-order valence-electron chi connectivity index (χ0n) is 15.9. The van der Waals surface area contributed by atoms with E-state index in [0.717, 1.165) is 57.0 Å². The summed E-state index contributed by atoms with van der Waals surface area (Å²) in [7, 11) is 0. The minimum atomic E-state index is -0.0214. The highest BCUT2D eigenvalue weighted by molar-refractivity contribution is 7.13. The van der Waals surface area contributed by atoms with Crippen LogP contribution in [-0.4, -0.2) is 82.5 Å². The normalized spacial score (nSPS) is 19.1. The Balaban J connectivity index is 1.13. The molecule has 0 saturated carbocycles. The molecule has 0 unspecified atom stereocenters. The Morgan fingerprint density at radius 3 is 2.39 bits per heavy atom. The van der Waals surface area contributed by atoms with E-state index in [0.29, 0.717) is 31.1 Å². The molecule has 9 heteroatoms. The molecule has 0 spiro atoms. The Bertz CT molecular complexity index is 782. The predicted molar refractivity (Wildman–Crippen MR) is 105 cm³/mol. The maximum absolute atomic E-state index is 11.7. The second-order valence-electron chi connectivity index (χ2n) is 7.21. The molecule has 150 valence electrons. The van der Waals surface area contributed by atoms with Crippen LogP contribution in [0.25, 0.3) is 10.7 Å². The zero-order valence-corrected chi connectivity index (χ0v) is 16.7. The van der Waals surface area contributed by atoms with E-state index in [4.69, 9.17) is 4.52 Å². The average Bonchev–Trinajstić information content (AvgIpc) is 3.44. The van der Waals surface area contributed by atoms with Gasteiger partial charge in [-0.25, -0.2) is 0 Å². The number of aryl methyl sites for hydroxylation is 1. The van der Waals surface area contributed by atoms with Crippen molar-refractivity contribution in [2.24, 2.45) is 0 Å². The van der Waals surface area contributed by atoms with Gasteiger partial charge in [0.15, 0.2) is 0 Å². The van der Waals surface area contributed by atoms with Crippen LogP contribution in [0.1, 0.15) is 25.2 Å². The Hall–Kier alpha value is -2.10. The Kier molecular flexibility index (Phi) is 6.13. The summed E-state index contributed by atoms with van der Waals surface area (Å²) in [6, 6.07) is 3.98. The number of nitrogens with zero attached hydrogens (tertiary/aromatic N) is 5. The van der Waals surface area contributed by atoms with Crippen LogP contribution in [-0.2, 0) is 16.0 Å². The molecule has 0 aliphatic carbocycles. The fraction of sp³-hybridized carbons (Fsp3) is 0.579. The molecule has 0 bridgehead atoms. The van der Waals surface area contributed by atoms with Gasteiger partial charge >= 0.3 is 0 Å². The molecule has 0 aromatic carbocycles. The van der Waals surface area contributed by atoms with Gasteiger partial charge in [0.2, 0.25) is 23.5 Å². The number of imide groups is 1. The molecule has 28 heavy (non-hydrogen) atoms. The lowest BCUT2D eigenvalue weighted by atomic mass is 10.2. The van der Waals surface area contributed by atoms with Crippen LogP contribution >= 0.6 is 11.3 Å². The van der Waals surface area contributed by atoms with Gasteiger partial charge < -0.3 is 9.42 Å². The van der Waals surface area contributed by atoms with Crippen LogP contribution in [0, 0.1) is 0 Å². The van der Waals surface area contributed by atoms with E-state index in [1.54, 1.807) is 11.3 Å². The van der Waals surface area contributed by atoms with Gasteiger partial charge in [-0.15, -0.1) is 11.3 Å². The van der Waals surface area contributed by atoms with Crippen molar-refractivity contribution in [3.05, 3.63) is 23.4 Å². The second kappa shape index (κ2) is 8.93. The lowest BCUT2D eigenvalue weighted by Crippen LogP contribution is -2.49. The van der Waals surface area contributed by atoms with E-state index in [2.05, 4.69) is 19.9 Å². The van der Waals surface area contributed by atoms with E-state index in [9.17, 15) is 9.59 Å². The number of carbonyl (C=O) groups is 2. The van der Waals surface area contributed by atoms with Crippen LogP contribution in [0.5, 0.6) is 0 Å². The average molecular weight is 404 g/mol. The number of rotatable bonds is 8. The molecule has 0 atom stereocenters. The Morgan fingerprint density at radius 2 is 1.71 bits per heavy atom. The van der Waals surface area contributed by atoms with Crippen molar-refractivity contribution in [2.75, 3.05) is 45.8 Å². The van der Waals surface area contributed by atoms with E-state index in [-0.39, 0.29) is 11.8 Å². The van der Waals surface area contributed by atoms with Crippen molar-refractivity contribution in [1.82, 2.24) is 24.8 Å². The van der Waals surface area contributed by atoms with Gasteiger partial charge in [0.25, 0.3) is 0 Å². The van der Waals surface area contributed by atoms with Gasteiger partial charge in [-0.3, -0.25) is 19.4 Å². The molecule has 4 rings (SSSR count). The van der Waals surface area contributed by atoms with Crippen molar-refractivity contribution in [2.45, 2.75) is 25.7 Å². The minimum absolute atomic E-state index is 0.0214. The number of amides is 2. The molecule has 2 aromatic heterocycles. The van der Waals surface area contributed by atoms with E-state index in [1.165, 1.54) is 4.90 Å². The van der Waals surface area contributed by atoms with Crippen molar-refractivity contribution < 1.29 is 14.1 Å². The molecule has 0 radical (unpaired) electrons. The van der Waals surface area contributed by atoms with Crippen molar-refractivity contribution in [3.8, 4) is 10.7 Å². The summed E-state index contributed by atoms with van der Waals surface area (Å²) in [5.74, 6) is 1.33. The minimum Gasteiger partial charge on any atom is -0.339 e. The van der Waals surface area contributed by atoms with Crippen LogP contribution in [0.4, 0.5) is 0 Å². The van der Waals surface area contributed by atoms with E-state index in [1.807, 2.05) is 17.5 Å². The fourth-order valence-electron chi connectivity index (χ4n) is 3.67. The molecule has 8 nitrogen and oxygen atoms in total. The summed E-state index contributed by atoms with van der Waals surface area (Å²) < 4.78 is 5.35. The third-order valence-electron chi connectivity index (χ3n) is 5.33. The molecule has 4 heterocycles. The van der Waals surface area contributed by atoms with Crippen LogP contribution in [0.3, 0.4) is 0 Å². The third kappa shape index (κ3) is 4.65. The summed E-state index contributed by atoms with van der Waals surface area (Å²) in [5, 5.41) is 6.06. The van der Waals surface area contributed by atoms with Crippen molar-refractivity contribution in [3.63, 3.8) is 0 Å². The van der Waals surface area contributed by atoms with Crippen LogP contribution in [0.15, 0.2) is 22.0 Å². The maximum atomic E-state index is 11.7. The number of thiophene rings is 1. The SMILES string of the molecule is O=C1CCC(=O)N1CCN1CCN(CCCc2nc(-c3cccs3)no2)CC1. The molecule has 2 amide bonds. The second-order valence-corrected chi connectivity index (χ2v) is 8.16. The Morgan fingerprint density at radius 1 is 1.00 bits per heavy atom. The van der Waals surface area contributed by atoms with Crippen LogP contribution in [0.2, 0.25) is 0 Å². The number of carbonyl (C=O) groups excluding carboxylic acids is 2. The largest absolute Gasteiger partial charge is 0.339 e. The number of hydrogen-bond acceptors (Lipinski definition) is 8. The maximum Gasteiger partial charge on any atom is 0.229 e. The van der Waals surface area contributed by atoms with Gasteiger partial charge in [0.1, 0.15) is 0 Å². The summed E-state index contributed by atoms with van der Waals surface area (Å²) in [6.45, 7) is 6.27. The van der Waals surface area contributed by atoms with E-state index >= 15 is 0 Å². The standard InChI is InChI=1S/C19H25N5O3S/c25-17-5-6-18(26)24(17)13-12-23-10-8-22(9-11-23)7-1-4-16-20-19(21-27-16)15-3-2-14-28-15/h2-3,14H,1,4-13H2. The molecule has 2 aromatic rings. The lowest BCUT2D eigenvalue weighted by Gasteiger charge is -2.35. The summed E-state index contributed by atoms with van der Waals surface area (Å²) in [5.41, 5.74) is 0. The van der Waals surface area contributed by atoms with Crippen molar-refractivity contribution >= 4 is 23.2 Å². The quantitative estimate of drug-likeness (QED) is 0.618. The summed E-state index contributed by atoms with van der Waals surface area (Å²) in [6.07, 6.45) is 2.53. The molecule has 0 N–H and O–H groups in total. The van der Waals surface area contributed by atoms with E-state index < -0.39 is 0 Å². The fourth-order valence-corrected chi connectivity index (χ4v) is 4.32. The molecular formula is C19H25N5O3S. The molecule has 2 aliphatic rings. The van der Waals surface area contributed by atoms with Crippen molar-refractivity contribution in [1.29, 1.82) is 0 Å². The molecule has 2 saturated heterocycles. The van der Waals surface area contributed by atoms with Gasteiger partial charge in [-0.05, 0) is 24.4 Å². The highest BCUT2D eigenvalue weighted by atomic mass is 32.1. The lowest BCUT2D eigenvalue weighted by molar-refractivity contribution is -0.138. The molecular weight excluding hydrogens is 378 g/mol.